The van der Waals surface area contributed by atoms with Crippen molar-refractivity contribution < 1.29 is 4.79 Å². The molecule has 1 aromatic heterocycles. The van der Waals surface area contributed by atoms with Gasteiger partial charge in [-0.25, -0.2) is 0 Å². The number of benzene rings is 1. The first-order valence-corrected chi connectivity index (χ1v) is 11.3. The summed E-state index contributed by atoms with van der Waals surface area (Å²) in [7, 11) is 2.09. The summed E-state index contributed by atoms with van der Waals surface area (Å²) in [5, 5.41) is 3.44. The summed E-state index contributed by atoms with van der Waals surface area (Å²) < 4.78 is 0. The summed E-state index contributed by atoms with van der Waals surface area (Å²) in [6.45, 7) is 11.3. The highest BCUT2D eigenvalue weighted by Crippen LogP contribution is 2.31. The highest BCUT2D eigenvalue weighted by molar-refractivity contribution is 6.31. The third-order valence-corrected chi connectivity index (χ3v) is 6.66. The zero-order valence-electron chi connectivity index (χ0n) is 19.1. The van der Waals surface area contributed by atoms with Crippen molar-refractivity contribution in [3.8, 4) is 0 Å². The number of nitrogens with one attached hydrogen (secondary N) is 2. The zero-order chi connectivity index (χ0) is 22.7. The third kappa shape index (κ3) is 5.31. The van der Waals surface area contributed by atoms with Crippen molar-refractivity contribution in [1.29, 1.82) is 0 Å². The normalized spacial score (nSPS) is 15.2. The molecule has 0 spiro atoms. The van der Waals surface area contributed by atoms with Crippen molar-refractivity contribution in [3.63, 3.8) is 0 Å². The number of aromatic amines is 1. The average molecular weight is 445 g/mol. The second kappa shape index (κ2) is 9.88. The number of piperidine rings is 1. The van der Waals surface area contributed by atoms with Crippen LogP contribution in [0, 0.1) is 20.8 Å². The third-order valence-electron chi connectivity index (χ3n) is 6.44. The molecule has 0 atom stereocenters. The number of anilines is 1. The summed E-state index contributed by atoms with van der Waals surface area (Å²) in [5.74, 6) is -0.227. The number of nitrogens with zero attached hydrogens (tertiary/aromatic N) is 2. The Balaban J connectivity index is 1.78. The average Bonchev–Trinajstić information content (AvgIpc) is 2.73. The Morgan fingerprint density at radius 2 is 1.90 bits per heavy atom. The van der Waals surface area contributed by atoms with Gasteiger partial charge in [0.2, 0.25) is 0 Å². The molecule has 1 aliphatic heterocycles. The van der Waals surface area contributed by atoms with Gasteiger partial charge in [0, 0.05) is 60.3 Å². The van der Waals surface area contributed by atoms with Crippen LogP contribution in [0.5, 0.6) is 0 Å². The molecule has 168 valence electrons. The van der Waals surface area contributed by atoms with Crippen LogP contribution in [0.1, 0.15) is 52.5 Å². The fourth-order valence-corrected chi connectivity index (χ4v) is 4.66. The number of pyridine rings is 1. The number of aryl methyl sites for hydroxylation is 2. The second-order valence-corrected chi connectivity index (χ2v) is 8.94. The van der Waals surface area contributed by atoms with Crippen LogP contribution >= 0.6 is 11.6 Å². The summed E-state index contributed by atoms with van der Waals surface area (Å²) in [5.41, 5.74) is 4.50. The fourth-order valence-electron chi connectivity index (χ4n) is 4.45. The number of aromatic nitrogens is 1. The summed E-state index contributed by atoms with van der Waals surface area (Å²) >= 11 is 6.41. The van der Waals surface area contributed by atoms with E-state index in [9.17, 15) is 9.59 Å². The summed E-state index contributed by atoms with van der Waals surface area (Å²) in [4.78, 5) is 32.8. The van der Waals surface area contributed by atoms with E-state index in [0.29, 0.717) is 22.2 Å². The summed E-state index contributed by atoms with van der Waals surface area (Å²) in [6, 6.07) is 5.97. The Kier molecular flexibility index (Phi) is 7.44. The molecule has 0 aliphatic carbocycles. The number of rotatable bonds is 6. The minimum absolute atomic E-state index is 0.167. The predicted octanol–water partition coefficient (Wildman–Crippen LogP) is 3.80. The number of hydrogen-bond acceptors (Lipinski definition) is 4. The van der Waals surface area contributed by atoms with Crippen molar-refractivity contribution in [1.82, 2.24) is 15.2 Å². The number of carbonyl (C=O) groups excluding carboxylic acids is 1. The van der Waals surface area contributed by atoms with Crippen LogP contribution in [0.4, 0.5) is 5.69 Å². The van der Waals surface area contributed by atoms with Gasteiger partial charge in [0.15, 0.2) is 0 Å². The van der Waals surface area contributed by atoms with E-state index in [0.717, 1.165) is 55.0 Å². The van der Waals surface area contributed by atoms with Gasteiger partial charge in [-0.2, -0.15) is 0 Å². The van der Waals surface area contributed by atoms with Crippen LogP contribution in [0.2, 0.25) is 5.02 Å². The monoisotopic (exact) mass is 444 g/mol. The van der Waals surface area contributed by atoms with E-state index in [1.54, 1.807) is 6.07 Å². The molecule has 3 rings (SSSR count). The number of carbonyl (C=O) groups is 1. The van der Waals surface area contributed by atoms with Crippen LogP contribution in [-0.2, 0) is 6.54 Å². The van der Waals surface area contributed by atoms with E-state index in [-0.39, 0.29) is 18.0 Å². The molecule has 2 heterocycles. The van der Waals surface area contributed by atoms with Crippen LogP contribution in [-0.4, -0.2) is 48.5 Å². The summed E-state index contributed by atoms with van der Waals surface area (Å²) in [6.07, 6.45) is 2.18. The lowest BCUT2D eigenvalue weighted by molar-refractivity contribution is 0.0950. The number of H-pyrrole nitrogens is 1. The number of amides is 1. The fraction of sp³-hybridized carbons (Fsp3) is 0.500. The lowest BCUT2D eigenvalue weighted by atomic mass is 9.99. The largest absolute Gasteiger partial charge is 0.371 e. The standard InChI is InChI=1S/C24H33ClN4O2/c1-6-29-9-7-19(8-10-29)28(5)22-13-18(25)12-20(17(22)4)23(30)26-14-21-15(2)11-16(3)27-24(21)31/h11-13,19H,6-10,14H2,1-5H3,(H,26,30)(H,27,31). The maximum absolute atomic E-state index is 13.0. The van der Waals surface area contributed by atoms with Gasteiger partial charge in [0.1, 0.15) is 0 Å². The van der Waals surface area contributed by atoms with Gasteiger partial charge in [0.05, 0.1) is 0 Å². The van der Waals surface area contributed by atoms with E-state index in [1.807, 2.05) is 32.9 Å². The van der Waals surface area contributed by atoms with Gasteiger partial charge in [-0.05, 0) is 69.5 Å². The van der Waals surface area contributed by atoms with E-state index in [2.05, 4.69) is 34.1 Å². The first kappa shape index (κ1) is 23.4. The minimum Gasteiger partial charge on any atom is -0.371 e. The van der Waals surface area contributed by atoms with Crippen LogP contribution in [0.3, 0.4) is 0 Å². The molecule has 1 saturated heterocycles. The van der Waals surface area contributed by atoms with Crippen molar-refractivity contribution in [2.24, 2.45) is 0 Å². The molecule has 1 aromatic carbocycles. The minimum atomic E-state index is -0.227. The van der Waals surface area contributed by atoms with E-state index in [4.69, 9.17) is 11.6 Å². The highest BCUT2D eigenvalue weighted by Gasteiger charge is 2.24. The lowest BCUT2D eigenvalue weighted by Gasteiger charge is -2.38. The molecule has 1 fully saturated rings. The molecule has 2 aromatic rings. The molecular formula is C24H33ClN4O2. The molecule has 6 nitrogen and oxygen atoms in total. The van der Waals surface area contributed by atoms with Gasteiger partial charge in [0.25, 0.3) is 11.5 Å². The first-order valence-electron chi connectivity index (χ1n) is 10.9. The first-order chi connectivity index (χ1) is 14.7. The number of likely N-dealkylation sites (tertiary alicyclic amines) is 1. The molecule has 0 saturated carbocycles. The molecule has 31 heavy (non-hydrogen) atoms. The van der Waals surface area contributed by atoms with Gasteiger partial charge < -0.3 is 20.1 Å². The highest BCUT2D eigenvalue weighted by atomic mass is 35.5. The molecular weight excluding hydrogens is 412 g/mol. The van der Waals surface area contributed by atoms with Crippen LogP contribution < -0.4 is 15.8 Å². The second-order valence-electron chi connectivity index (χ2n) is 8.50. The molecule has 7 heteroatoms. The topological polar surface area (TPSA) is 68.4 Å². The van der Waals surface area contributed by atoms with Crippen LogP contribution in [0.15, 0.2) is 23.0 Å². The van der Waals surface area contributed by atoms with E-state index < -0.39 is 0 Å². The zero-order valence-corrected chi connectivity index (χ0v) is 19.9. The quantitative estimate of drug-likeness (QED) is 0.711. The Morgan fingerprint density at radius 3 is 2.52 bits per heavy atom. The predicted molar refractivity (Wildman–Crippen MR) is 127 cm³/mol. The molecule has 2 N–H and O–H groups in total. The Hall–Kier alpha value is -2.31. The number of halogens is 1. The lowest BCUT2D eigenvalue weighted by Crippen LogP contribution is -2.43. The molecule has 0 unspecified atom stereocenters. The smallest absolute Gasteiger partial charge is 0.253 e. The van der Waals surface area contributed by atoms with Gasteiger partial charge in [-0.15, -0.1) is 0 Å². The van der Waals surface area contributed by atoms with Crippen molar-refractivity contribution >= 4 is 23.2 Å². The van der Waals surface area contributed by atoms with Gasteiger partial charge in [-0.1, -0.05) is 18.5 Å². The molecule has 0 bridgehead atoms. The van der Waals surface area contributed by atoms with Crippen molar-refractivity contribution in [2.45, 2.75) is 53.1 Å². The molecule has 1 amide bonds. The Morgan fingerprint density at radius 1 is 1.23 bits per heavy atom. The van der Waals surface area contributed by atoms with Crippen molar-refractivity contribution in [2.75, 3.05) is 31.6 Å². The Bertz CT molecular complexity index is 1010. The van der Waals surface area contributed by atoms with Crippen LogP contribution in [0.25, 0.3) is 0 Å². The maximum atomic E-state index is 13.0. The van der Waals surface area contributed by atoms with Crippen molar-refractivity contribution in [3.05, 3.63) is 61.5 Å². The number of hydrogen-bond donors (Lipinski definition) is 2. The Labute approximate surface area is 189 Å². The van der Waals surface area contributed by atoms with E-state index >= 15 is 0 Å². The molecule has 1 aliphatic rings. The maximum Gasteiger partial charge on any atom is 0.253 e. The molecule has 0 radical (unpaired) electrons. The SMILES string of the molecule is CCN1CCC(N(C)c2cc(Cl)cc(C(=O)NCc3c(C)cc(C)[nH]c3=O)c2C)CC1. The van der Waals surface area contributed by atoms with Gasteiger partial charge >= 0.3 is 0 Å². The van der Waals surface area contributed by atoms with Gasteiger partial charge in [-0.3, -0.25) is 9.59 Å². The van der Waals surface area contributed by atoms with E-state index in [1.165, 1.54) is 0 Å².